The lowest BCUT2D eigenvalue weighted by molar-refractivity contribution is -0.131. The van der Waals surface area contributed by atoms with Crippen LogP contribution < -0.4 is 4.90 Å². The summed E-state index contributed by atoms with van der Waals surface area (Å²) < 4.78 is 0. The van der Waals surface area contributed by atoms with Crippen LogP contribution >= 0.6 is 23.2 Å². The van der Waals surface area contributed by atoms with E-state index in [4.69, 9.17) is 23.2 Å². The molecule has 1 saturated heterocycles. The van der Waals surface area contributed by atoms with E-state index in [0.29, 0.717) is 11.4 Å². The number of benzene rings is 1. The van der Waals surface area contributed by atoms with E-state index in [9.17, 15) is 4.79 Å². The van der Waals surface area contributed by atoms with Gasteiger partial charge in [-0.05, 0) is 42.7 Å². The molecule has 0 N–H and O–H groups in total. The van der Waals surface area contributed by atoms with Gasteiger partial charge in [-0.25, -0.2) is 4.98 Å². The molecule has 6 heteroatoms. The number of aromatic nitrogens is 1. The van der Waals surface area contributed by atoms with E-state index < -0.39 is 0 Å². The topological polar surface area (TPSA) is 36.4 Å². The van der Waals surface area contributed by atoms with Crippen LogP contribution in [0.5, 0.6) is 0 Å². The highest BCUT2D eigenvalue weighted by Gasteiger charge is 2.21. The van der Waals surface area contributed by atoms with Crippen molar-refractivity contribution in [3.05, 3.63) is 58.2 Å². The molecular weight excluding hydrogens is 357 g/mol. The third-order valence-corrected chi connectivity index (χ3v) is 4.91. The minimum absolute atomic E-state index is 0.234. The molecule has 1 aromatic carbocycles. The van der Waals surface area contributed by atoms with Crippen molar-refractivity contribution in [2.45, 2.75) is 19.3 Å². The van der Waals surface area contributed by atoms with E-state index in [0.717, 1.165) is 49.9 Å². The molecule has 0 atom stereocenters. The third kappa shape index (κ3) is 5.10. The Morgan fingerprint density at radius 1 is 0.960 bits per heavy atom. The summed E-state index contributed by atoms with van der Waals surface area (Å²) >= 11 is 11.8. The second-order valence-corrected chi connectivity index (χ2v) is 7.06. The minimum atomic E-state index is 0.234. The van der Waals surface area contributed by atoms with Crippen LogP contribution in [0, 0.1) is 0 Å². The van der Waals surface area contributed by atoms with Crippen molar-refractivity contribution in [2.24, 2.45) is 0 Å². The van der Waals surface area contributed by atoms with Crippen LogP contribution in [0.1, 0.15) is 18.4 Å². The largest absolute Gasteiger partial charge is 0.353 e. The highest BCUT2D eigenvalue weighted by atomic mass is 35.5. The standard InChI is InChI=1S/C19H21Cl2N3O/c20-16-6-4-15(5-7-16)2-1-3-19(25)24-12-10-23(11-13-24)18-9-8-17(21)14-22-18/h4-9,14H,1-3,10-13H2. The minimum Gasteiger partial charge on any atom is -0.353 e. The normalized spacial score (nSPS) is 14.6. The molecule has 1 aliphatic rings. The number of anilines is 1. The fourth-order valence-corrected chi connectivity index (χ4v) is 3.23. The number of aryl methyl sites for hydroxylation is 1. The molecule has 25 heavy (non-hydrogen) atoms. The second-order valence-electron chi connectivity index (χ2n) is 6.18. The molecule has 1 fully saturated rings. The lowest BCUT2D eigenvalue weighted by Gasteiger charge is -2.35. The van der Waals surface area contributed by atoms with Gasteiger partial charge < -0.3 is 9.80 Å². The molecule has 0 aliphatic carbocycles. The first-order valence-electron chi connectivity index (χ1n) is 8.50. The highest BCUT2D eigenvalue weighted by Crippen LogP contribution is 2.17. The summed E-state index contributed by atoms with van der Waals surface area (Å²) in [5.41, 5.74) is 1.22. The van der Waals surface area contributed by atoms with Gasteiger partial charge in [0, 0.05) is 43.8 Å². The molecule has 132 valence electrons. The number of halogens is 2. The first-order chi connectivity index (χ1) is 12.1. The Hall–Kier alpha value is -1.78. The highest BCUT2D eigenvalue weighted by molar-refractivity contribution is 6.30. The van der Waals surface area contributed by atoms with Crippen LogP contribution in [-0.2, 0) is 11.2 Å². The molecule has 0 radical (unpaired) electrons. The number of carbonyl (C=O) groups excluding carboxylic acids is 1. The average molecular weight is 378 g/mol. The zero-order chi connectivity index (χ0) is 17.6. The fraction of sp³-hybridized carbons (Fsp3) is 0.368. The molecule has 1 aromatic heterocycles. The quantitative estimate of drug-likeness (QED) is 0.787. The van der Waals surface area contributed by atoms with Gasteiger partial charge in [0.05, 0.1) is 5.02 Å². The first kappa shape index (κ1) is 18.0. The summed E-state index contributed by atoms with van der Waals surface area (Å²) in [7, 11) is 0. The fourth-order valence-electron chi connectivity index (χ4n) is 2.99. The maximum Gasteiger partial charge on any atom is 0.222 e. The number of hydrogen-bond donors (Lipinski definition) is 0. The summed E-state index contributed by atoms with van der Waals surface area (Å²) in [6.45, 7) is 3.09. The molecule has 1 aliphatic heterocycles. The van der Waals surface area contributed by atoms with Gasteiger partial charge in [0.15, 0.2) is 0 Å². The molecule has 1 amide bonds. The van der Waals surface area contributed by atoms with Crippen molar-refractivity contribution < 1.29 is 4.79 Å². The molecule has 3 rings (SSSR count). The Balaban J connectivity index is 1.42. The van der Waals surface area contributed by atoms with Crippen LogP contribution in [0.4, 0.5) is 5.82 Å². The number of amides is 1. The van der Waals surface area contributed by atoms with E-state index >= 15 is 0 Å². The maximum absolute atomic E-state index is 12.4. The second kappa shape index (κ2) is 8.54. The van der Waals surface area contributed by atoms with Gasteiger partial charge in [-0.3, -0.25) is 4.79 Å². The predicted octanol–water partition coefficient (Wildman–Crippen LogP) is 4.06. The Bertz CT molecular complexity index is 696. The van der Waals surface area contributed by atoms with Gasteiger partial charge in [0.1, 0.15) is 5.82 Å². The Labute approximate surface area is 158 Å². The smallest absolute Gasteiger partial charge is 0.222 e. The van der Waals surface area contributed by atoms with Crippen LogP contribution in [0.15, 0.2) is 42.6 Å². The van der Waals surface area contributed by atoms with Crippen molar-refractivity contribution in [2.75, 3.05) is 31.1 Å². The molecule has 2 aromatic rings. The molecule has 0 saturated carbocycles. The average Bonchev–Trinajstić information content (AvgIpc) is 2.64. The number of carbonyl (C=O) groups is 1. The van der Waals surface area contributed by atoms with Crippen LogP contribution in [0.3, 0.4) is 0 Å². The van der Waals surface area contributed by atoms with Crippen molar-refractivity contribution in [1.82, 2.24) is 9.88 Å². The first-order valence-corrected chi connectivity index (χ1v) is 9.26. The number of nitrogens with zero attached hydrogens (tertiary/aromatic N) is 3. The van der Waals surface area contributed by atoms with Gasteiger partial charge in [-0.1, -0.05) is 35.3 Å². The lowest BCUT2D eigenvalue weighted by atomic mass is 10.1. The number of rotatable bonds is 5. The summed E-state index contributed by atoms with van der Waals surface area (Å²) in [5, 5.41) is 1.38. The monoisotopic (exact) mass is 377 g/mol. The zero-order valence-electron chi connectivity index (χ0n) is 14.0. The SMILES string of the molecule is O=C(CCCc1ccc(Cl)cc1)N1CCN(c2ccc(Cl)cn2)CC1. The van der Waals surface area contributed by atoms with Crippen LogP contribution in [0.25, 0.3) is 0 Å². The maximum atomic E-state index is 12.4. The third-order valence-electron chi connectivity index (χ3n) is 4.44. The van der Waals surface area contributed by atoms with E-state index in [1.807, 2.05) is 41.3 Å². The molecule has 0 unspecified atom stereocenters. The molecule has 4 nitrogen and oxygen atoms in total. The van der Waals surface area contributed by atoms with E-state index in [1.165, 1.54) is 5.56 Å². The van der Waals surface area contributed by atoms with Crippen molar-refractivity contribution >= 4 is 34.9 Å². The van der Waals surface area contributed by atoms with Crippen molar-refractivity contribution in [1.29, 1.82) is 0 Å². The van der Waals surface area contributed by atoms with Gasteiger partial charge in [0.25, 0.3) is 0 Å². The Morgan fingerprint density at radius 3 is 2.28 bits per heavy atom. The van der Waals surface area contributed by atoms with Crippen LogP contribution in [0.2, 0.25) is 10.0 Å². The van der Waals surface area contributed by atoms with Crippen LogP contribution in [-0.4, -0.2) is 42.0 Å². The summed E-state index contributed by atoms with van der Waals surface area (Å²) in [6.07, 6.45) is 4.00. The van der Waals surface area contributed by atoms with Gasteiger partial charge in [-0.2, -0.15) is 0 Å². The van der Waals surface area contributed by atoms with E-state index in [1.54, 1.807) is 6.20 Å². The van der Waals surface area contributed by atoms with Crippen molar-refractivity contribution in [3.63, 3.8) is 0 Å². The molecule has 0 bridgehead atoms. The molecule has 2 heterocycles. The number of piperazine rings is 1. The number of hydrogen-bond acceptors (Lipinski definition) is 3. The van der Waals surface area contributed by atoms with E-state index in [2.05, 4.69) is 9.88 Å². The number of pyridine rings is 1. The van der Waals surface area contributed by atoms with Gasteiger partial charge in [-0.15, -0.1) is 0 Å². The summed E-state index contributed by atoms with van der Waals surface area (Å²) in [6, 6.07) is 11.6. The van der Waals surface area contributed by atoms with Gasteiger partial charge >= 0.3 is 0 Å². The Kier molecular flexibility index (Phi) is 6.16. The zero-order valence-corrected chi connectivity index (χ0v) is 15.5. The summed E-state index contributed by atoms with van der Waals surface area (Å²) in [5.74, 6) is 1.15. The Morgan fingerprint density at radius 2 is 1.64 bits per heavy atom. The lowest BCUT2D eigenvalue weighted by Crippen LogP contribution is -2.49. The van der Waals surface area contributed by atoms with E-state index in [-0.39, 0.29) is 5.91 Å². The van der Waals surface area contributed by atoms with Gasteiger partial charge in [0.2, 0.25) is 5.91 Å². The molecular formula is C19H21Cl2N3O. The summed E-state index contributed by atoms with van der Waals surface area (Å²) in [4.78, 5) is 20.9. The van der Waals surface area contributed by atoms with Crippen molar-refractivity contribution in [3.8, 4) is 0 Å². The molecule has 0 spiro atoms. The predicted molar refractivity (Wildman–Crippen MR) is 102 cm³/mol.